The third-order valence-corrected chi connectivity index (χ3v) is 5.40. The van der Waals surface area contributed by atoms with Crippen LogP contribution >= 0.6 is 0 Å². The van der Waals surface area contributed by atoms with Crippen molar-refractivity contribution in [3.05, 3.63) is 0 Å². The van der Waals surface area contributed by atoms with Gasteiger partial charge in [-0.25, -0.2) is 0 Å². The van der Waals surface area contributed by atoms with Crippen LogP contribution in [0.15, 0.2) is 0 Å². The first-order valence-corrected chi connectivity index (χ1v) is 8.54. The SMILES string of the molecule is CCC(C(C)C)N1CC2CCCCN2CC1C(C)C. The summed E-state index contributed by atoms with van der Waals surface area (Å²) >= 11 is 0. The summed E-state index contributed by atoms with van der Waals surface area (Å²) in [5, 5.41) is 0. The van der Waals surface area contributed by atoms with E-state index in [2.05, 4.69) is 44.4 Å². The lowest BCUT2D eigenvalue weighted by Crippen LogP contribution is -2.63. The third kappa shape index (κ3) is 3.33. The van der Waals surface area contributed by atoms with Gasteiger partial charge in [0.25, 0.3) is 0 Å². The lowest BCUT2D eigenvalue weighted by Gasteiger charge is -2.53. The molecule has 0 aromatic heterocycles. The van der Waals surface area contributed by atoms with Crippen molar-refractivity contribution >= 4 is 0 Å². The van der Waals surface area contributed by atoms with Crippen molar-refractivity contribution in [3.63, 3.8) is 0 Å². The molecule has 19 heavy (non-hydrogen) atoms. The first-order chi connectivity index (χ1) is 9.04. The Labute approximate surface area is 120 Å². The summed E-state index contributed by atoms with van der Waals surface area (Å²) in [4.78, 5) is 5.67. The largest absolute Gasteiger partial charge is 0.298 e. The zero-order chi connectivity index (χ0) is 14.0. The molecule has 3 atom stereocenters. The summed E-state index contributed by atoms with van der Waals surface area (Å²) in [5.41, 5.74) is 0. The normalized spacial score (nSPS) is 31.7. The lowest BCUT2D eigenvalue weighted by atomic mass is 9.88. The molecule has 0 aromatic carbocycles. The van der Waals surface area contributed by atoms with E-state index in [0.29, 0.717) is 0 Å². The van der Waals surface area contributed by atoms with Crippen LogP contribution in [0.1, 0.15) is 60.3 Å². The fourth-order valence-corrected chi connectivity index (χ4v) is 4.29. The monoisotopic (exact) mass is 266 g/mol. The minimum Gasteiger partial charge on any atom is -0.298 e. The van der Waals surface area contributed by atoms with Crippen LogP contribution in [-0.2, 0) is 0 Å². The molecule has 2 saturated heterocycles. The van der Waals surface area contributed by atoms with Crippen LogP contribution in [0.5, 0.6) is 0 Å². The van der Waals surface area contributed by atoms with E-state index in [9.17, 15) is 0 Å². The molecule has 2 fully saturated rings. The molecule has 2 heteroatoms. The highest BCUT2D eigenvalue weighted by Crippen LogP contribution is 2.30. The van der Waals surface area contributed by atoms with Gasteiger partial charge in [-0.3, -0.25) is 9.80 Å². The fourth-order valence-electron chi connectivity index (χ4n) is 4.29. The summed E-state index contributed by atoms with van der Waals surface area (Å²) in [6, 6.07) is 2.38. The molecular weight excluding hydrogens is 232 g/mol. The maximum Gasteiger partial charge on any atom is 0.0249 e. The van der Waals surface area contributed by atoms with Gasteiger partial charge in [0.05, 0.1) is 0 Å². The molecule has 0 bridgehead atoms. The van der Waals surface area contributed by atoms with Gasteiger partial charge in [0, 0.05) is 31.2 Å². The Hall–Kier alpha value is -0.0800. The Bertz CT molecular complexity index is 274. The number of rotatable bonds is 4. The quantitative estimate of drug-likeness (QED) is 0.767. The second-order valence-corrected chi connectivity index (χ2v) is 7.37. The molecule has 2 rings (SSSR count). The van der Waals surface area contributed by atoms with Crippen molar-refractivity contribution in [2.45, 2.75) is 78.4 Å². The van der Waals surface area contributed by atoms with Crippen molar-refractivity contribution in [2.75, 3.05) is 19.6 Å². The first kappa shape index (κ1) is 15.3. The molecule has 0 aromatic rings. The van der Waals surface area contributed by atoms with E-state index in [1.807, 2.05) is 0 Å². The minimum absolute atomic E-state index is 0.765. The van der Waals surface area contributed by atoms with Crippen LogP contribution in [0.4, 0.5) is 0 Å². The predicted molar refractivity (Wildman–Crippen MR) is 83.5 cm³/mol. The van der Waals surface area contributed by atoms with Gasteiger partial charge >= 0.3 is 0 Å². The van der Waals surface area contributed by atoms with E-state index in [-0.39, 0.29) is 0 Å². The maximum absolute atomic E-state index is 2.88. The molecule has 0 spiro atoms. The van der Waals surface area contributed by atoms with E-state index in [4.69, 9.17) is 0 Å². The summed E-state index contributed by atoms with van der Waals surface area (Å²) in [6.45, 7) is 16.0. The zero-order valence-electron chi connectivity index (χ0n) is 13.7. The lowest BCUT2D eigenvalue weighted by molar-refractivity contribution is -0.0406. The molecule has 2 heterocycles. The number of fused-ring (bicyclic) bond motifs is 1. The molecule has 2 nitrogen and oxygen atoms in total. The molecule has 0 N–H and O–H groups in total. The highest BCUT2D eigenvalue weighted by Gasteiger charge is 2.39. The van der Waals surface area contributed by atoms with E-state index < -0.39 is 0 Å². The molecule has 2 aliphatic rings. The molecular formula is C17H34N2. The average molecular weight is 266 g/mol. The maximum atomic E-state index is 2.88. The Kier molecular flexibility index (Phi) is 5.30. The molecule has 0 radical (unpaired) electrons. The summed E-state index contributed by atoms with van der Waals surface area (Å²) in [5.74, 6) is 1.55. The van der Waals surface area contributed by atoms with Crippen LogP contribution in [-0.4, -0.2) is 47.6 Å². The predicted octanol–water partition coefficient (Wildman–Crippen LogP) is 3.62. The smallest absolute Gasteiger partial charge is 0.0249 e. The van der Waals surface area contributed by atoms with Crippen LogP contribution in [0.2, 0.25) is 0 Å². The van der Waals surface area contributed by atoms with Crippen molar-refractivity contribution in [1.82, 2.24) is 9.80 Å². The molecule has 112 valence electrons. The van der Waals surface area contributed by atoms with Gasteiger partial charge < -0.3 is 0 Å². The number of nitrogens with zero attached hydrogens (tertiary/aromatic N) is 2. The number of hydrogen-bond donors (Lipinski definition) is 0. The van der Waals surface area contributed by atoms with Gasteiger partial charge in [-0.1, -0.05) is 41.0 Å². The first-order valence-electron chi connectivity index (χ1n) is 8.54. The standard InChI is InChI=1S/C17H34N2/c1-6-16(13(2)3)19-11-15-9-7-8-10-18(15)12-17(19)14(4)5/h13-17H,6-12H2,1-5H3. The topological polar surface area (TPSA) is 6.48 Å². The fraction of sp³-hybridized carbons (Fsp3) is 1.00. The Morgan fingerprint density at radius 2 is 1.79 bits per heavy atom. The highest BCUT2D eigenvalue weighted by atomic mass is 15.3. The van der Waals surface area contributed by atoms with Gasteiger partial charge in [-0.2, -0.15) is 0 Å². The second kappa shape index (κ2) is 6.58. The van der Waals surface area contributed by atoms with Gasteiger partial charge in [-0.05, 0) is 37.6 Å². The van der Waals surface area contributed by atoms with E-state index >= 15 is 0 Å². The second-order valence-electron chi connectivity index (χ2n) is 7.37. The van der Waals surface area contributed by atoms with Gasteiger partial charge in [-0.15, -0.1) is 0 Å². The average Bonchev–Trinajstić information content (AvgIpc) is 2.38. The zero-order valence-corrected chi connectivity index (χ0v) is 13.7. The summed E-state index contributed by atoms with van der Waals surface area (Å²) in [7, 11) is 0. The molecule has 2 aliphatic heterocycles. The molecule has 0 aliphatic carbocycles. The van der Waals surface area contributed by atoms with E-state index in [0.717, 1.165) is 30.0 Å². The van der Waals surface area contributed by atoms with E-state index in [1.165, 1.54) is 45.3 Å². The van der Waals surface area contributed by atoms with E-state index in [1.54, 1.807) is 0 Å². The third-order valence-electron chi connectivity index (χ3n) is 5.40. The highest BCUT2D eigenvalue weighted by molar-refractivity contribution is 4.95. The summed E-state index contributed by atoms with van der Waals surface area (Å²) in [6.07, 6.45) is 5.59. The van der Waals surface area contributed by atoms with Crippen LogP contribution in [0.3, 0.4) is 0 Å². The Morgan fingerprint density at radius 1 is 1.05 bits per heavy atom. The van der Waals surface area contributed by atoms with Crippen molar-refractivity contribution < 1.29 is 0 Å². The number of hydrogen-bond acceptors (Lipinski definition) is 2. The Morgan fingerprint density at radius 3 is 2.37 bits per heavy atom. The van der Waals surface area contributed by atoms with Gasteiger partial charge in [0.15, 0.2) is 0 Å². The number of piperidine rings is 1. The van der Waals surface area contributed by atoms with Crippen molar-refractivity contribution in [3.8, 4) is 0 Å². The van der Waals surface area contributed by atoms with Crippen LogP contribution < -0.4 is 0 Å². The summed E-state index contributed by atoms with van der Waals surface area (Å²) < 4.78 is 0. The van der Waals surface area contributed by atoms with Crippen LogP contribution in [0.25, 0.3) is 0 Å². The molecule has 0 saturated carbocycles. The molecule has 0 amide bonds. The van der Waals surface area contributed by atoms with Crippen molar-refractivity contribution in [1.29, 1.82) is 0 Å². The van der Waals surface area contributed by atoms with Gasteiger partial charge in [0.2, 0.25) is 0 Å². The number of piperazine rings is 1. The van der Waals surface area contributed by atoms with Gasteiger partial charge in [0.1, 0.15) is 0 Å². The Balaban J connectivity index is 2.13. The molecule has 3 unspecified atom stereocenters. The van der Waals surface area contributed by atoms with Crippen molar-refractivity contribution in [2.24, 2.45) is 11.8 Å². The van der Waals surface area contributed by atoms with Crippen LogP contribution in [0, 0.1) is 11.8 Å². The minimum atomic E-state index is 0.765.